The predicted octanol–water partition coefficient (Wildman–Crippen LogP) is 3.71. The minimum absolute atomic E-state index is 0.0215. The molecule has 110 valence electrons. The molecule has 21 heavy (non-hydrogen) atoms. The highest BCUT2D eigenvalue weighted by Gasteiger charge is 2.19. The van der Waals surface area contributed by atoms with Crippen LogP contribution in [0.4, 0.5) is 0 Å². The Morgan fingerprint density at radius 1 is 1.33 bits per heavy atom. The van der Waals surface area contributed by atoms with Crippen molar-refractivity contribution < 1.29 is 9.90 Å². The summed E-state index contributed by atoms with van der Waals surface area (Å²) >= 11 is 3.42. The van der Waals surface area contributed by atoms with Crippen molar-refractivity contribution in [2.75, 3.05) is 0 Å². The molecular weight excluding hydrogens is 332 g/mol. The van der Waals surface area contributed by atoms with Crippen LogP contribution in [0.3, 0.4) is 0 Å². The average molecular weight is 349 g/mol. The zero-order valence-corrected chi connectivity index (χ0v) is 13.2. The van der Waals surface area contributed by atoms with Gasteiger partial charge in [0.15, 0.2) is 0 Å². The molecule has 2 atom stereocenters. The van der Waals surface area contributed by atoms with Crippen molar-refractivity contribution in [3.05, 3.63) is 64.4 Å². The van der Waals surface area contributed by atoms with E-state index in [1.807, 2.05) is 49.4 Å². The fraction of sp³-hybridized carbons (Fsp3) is 0.250. The Morgan fingerprint density at radius 2 is 2.14 bits per heavy atom. The number of nitrogens with one attached hydrogen (secondary N) is 1. The van der Waals surface area contributed by atoms with Crippen LogP contribution >= 0.6 is 15.9 Å². The third-order valence-electron chi connectivity index (χ3n) is 3.21. The molecule has 1 aromatic heterocycles. The Bertz CT molecular complexity index is 604. The van der Waals surface area contributed by atoms with Crippen molar-refractivity contribution in [2.24, 2.45) is 0 Å². The summed E-state index contributed by atoms with van der Waals surface area (Å²) in [4.78, 5) is 15.4. The molecule has 0 aliphatic heterocycles. The number of aromatic nitrogens is 1. The van der Waals surface area contributed by atoms with E-state index in [4.69, 9.17) is 5.11 Å². The Balaban J connectivity index is 2.19. The fourth-order valence-electron chi connectivity index (χ4n) is 2.19. The van der Waals surface area contributed by atoms with E-state index >= 15 is 0 Å². The van der Waals surface area contributed by atoms with Crippen LogP contribution in [0, 0.1) is 0 Å². The van der Waals surface area contributed by atoms with Crippen molar-refractivity contribution in [1.29, 1.82) is 0 Å². The molecule has 0 fully saturated rings. The SMILES string of the molecule is CC(NC(CC(=O)O)c1cccc(Br)c1)c1ccccn1. The summed E-state index contributed by atoms with van der Waals surface area (Å²) in [5.41, 5.74) is 1.83. The molecule has 0 aliphatic rings. The van der Waals surface area contributed by atoms with Crippen molar-refractivity contribution in [2.45, 2.75) is 25.4 Å². The number of nitrogens with zero attached hydrogens (tertiary/aromatic N) is 1. The predicted molar refractivity (Wildman–Crippen MR) is 84.9 cm³/mol. The lowest BCUT2D eigenvalue weighted by molar-refractivity contribution is -0.137. The molecule has 0 amide bonds. The zero-order valence-electron chi connectivity index (χ0n) is 11.7. The smallest absolute Gasteiger partial charge is 0.305 e. The molecule has 2 aromatic rings. The quantitative estimate of drug-likeness (QED) is 0.835. The molecule has 0 saturated carbocycles. The Morgan fingerprint density at radius 3 is 2.76 bits per heavy atom. The maximum atomic E-state index is 11.1. The number of aliphatic carboxylic acids is 1. The van der Waals surface area contributed by atoms with E-state index in [1.54, 1.807) is 6.20 Å². The molecule has 2 N–H and O–H groups in total. The molecule has 5 heteroatoms. The fourth-order valence-corrected chi connectivity index (χ4v) is 2.61. The molecule has 0 bridgehead atoms. The molecule has 0 spiro atoms. The number of benzene rings is 1. The van der Waals surface area contributed by atoms with Crippen LogP contribution in [0.5, 0.6) is 0 Å². The van der Waals surface area contributed by atoms with E-state index in [0.717, 1.165) is 15.7 Å². The lowest BCUT2D eigenvalue weighted by atomic mass is 10.0. The van der Waals surface area contributed by atoms with Gasteiger partial charge >= 0.3 is 5.97 Å². The number of carboxylic acids is 1. The van der Waals surface area contributed by atoms with E-state index in [0.29, 0.717) is 0 Å². The summed E-state index contributed by atoms with van der Waals surface area (Å²) in [6, 6.07) is 13.1. The molecule has 2 rings (SSSR count). The number of carboxylic acid groups (broad SMARTS) is 1. The lowest BCUT2D eigenvalue weighted by Crippen LogP contribution is -2.27. The summed E-state index contributed by atoms with van der Waals surface area (Å²) in [6.07, 6.45) is 1.76. The van der Waals surface area contributed by atoms with Crippen molar-refractivity contribution in [3.63, 3.8) is 0 Å². The summed E-state index contributed by atoms with van der Waals surface area (Å²) < 4.78 is 0.933. The van der Waals surface area contributed by atoms with Crippen LogP contribution in [0.2, 0.25) is 0 Å². The van der Waals surface area contributed by atoms with Gasteiger partial charge in [0.2, 0.25) is 0 Å². The first kappa shape index (κ1) is 15.7. The number of carbonyl (C=O) groups is 1. The molecule has 4 nitrogen and oxygen atoms in total. The Kier molecular flexibility index (Phi) is 5.47. The average Bonchev–Trinajstić information content (AvgIpc) is 2.47. The van der Waals surface area contributed by atoms with Crippen LogP contribution in [0.15, 0.2) is 53.1 Å². The summed E-state index contributed by atoms with van der Waals surface area (Å²) in [5, 5.41) is 12.5. The minimum Gasteiger partial charge on any atom is -0.481 e. The third kappa shape index (κ3) is 4.65. The van der Waals surface area contributed by atoms with Crippen LogP contribution < -0.4 is 5.32 Å². The van der Waals surface area contributed by atoms with E-state index in [9.17, 15) is 4.79 Å². The molecular formula is C16H17BrN2O2. The first-order chi connectivity index (χ1) is 10.1. The molecule has 0 aliphatic carbocycles. The highest BCUT2D eigenvalue weighted by Crippen LogP contribution is 2.24. The van der Waals surface area contributed by atoms with Gasteiger partial charge in [-0.15, -0.1) is 0 Å². The standard InChI is InChI=1S/C16H17BrN2O2/c1-11(14-7-2-3-8-18-14)19-15(10-16(20)21)12-5-4-6-13(17)9-12/h2-9,11,15,19H,10H2,1H3,(H,20,21). The first-order valence-corrected chi connectivity index (χ1v) is 7.50. The van der Waals surface area contributed by atoms with Gasteiger partial charge in [-0.2, -0.15) is 0 Å². The summed E-state index contributed by atoms with van der Waals surface area (Å²) in [7, 11) is 0. The highest BCUT2D eigenvalue weighted by atomic mass is 79.9. The van der Waals surface area contributed by atoms with Crippen LogP contribution in [0.25, 0.3) is 0 Å². The maximum Gasteiger partial charge on any atom is 0.305 e. The van der Waals surface area contributed by atoms with Gasteiger partial charge in [0.05, 0.1) is 12.1 Å². The Hall–Kier alpha value is -1.72. The van der Waals surface area contributed by atoms with Gasteiger partial charge in [0.1, 0.15) is 0 Å². The molecule has 0 radical (unpaired) electrons. The monoisotopic (exact) mass is 348 g/mol. The largest absolute Gasteiger partial charge is 0.481 e. The van der Waals surface area contributed by atoms with Gasteiger partial charge in [-0.3, -0.25) is 9.78 Å². The normalized spacial score (nSPS) is 13.6. The van der Waals surface area contributed by atoms with Gasteiger partial charge in [0.25, 0.3) is 0 Å². The number of rotatable bonds is 6. The van der Waals surface area contributed by atoms with E-state index in [2.05, 4.69) is 26.2 Å². The number of hydrogen-bond donors (Lipinski definition) is 2. The van der Waals surface area contributed by atoms with Crippen molar-refractivity contribution in [3.8, 4) is 0 Å². The van der Waals surface area contributed by atoms with Crippen LogP contribution in [-0.2, 0) is 4.79 Å². The number of pyridine rings is 1. The van der Waals surface area contributed by atoms with Crippen molar-refractivity contribution >= 4 is 21.9 Å². The second kappa shape index (κ2) is 7.33. The Labute approximate surface area is 132 Å². The van der Waals surface area contributed by atoms with E-state index in [1.165, 1.54) is 0 Å². The first-order valence-electron chi connectivity index (χ1n) is 6.70. The second-order valence-corrected chi connectivity index (χ2v) is 5.76. The van der Waals surface area contributed by atoms with E-state index < -0.39 is 5.97 Å². The molecule has 2 unspecified atom stereocenters. The van der Waals surface area contributed by atoms with Gasteiger partial charge < -0.3 is 10.4 Å². The molecule has 1 heterocycles. The summed E-state index contributed by atoms with van der Waals surface area (Å²) in [6.45, 7) is 1.98. The lowest BCUT2D eigenvalue weighted by Gasteiger charge is -2.22. The molecule has 0 saturated heterocycles. The minimum atomic E-state index is -0.833. The maximum absolute atomic E-state index is 11.1. The highest BCUT2D eigenvalue weighted by molar-refractivity contribution is 9.10. The molecule has 1 aromatic carbocycles. The number of halogens is 1. The van der Waals surface area contributed by atoms with Gasteiger partial charge in [-0.05, 0) is 36.8 Å². The van der Waals surface area contributed by atoms with Crippen LogP contribution in [-0.4, -0.2) is 16.1 Å². The van der Waals surface area contributed by atoms with E-state index in [-0.39, 0.29) is 18.5 Å². The van der Waals surface area contributed by atoms with Gasteiger partial charge in [0, 0.05) is 22.8 Å². The summed E-state index contributed by atoms with van der Waals surface area (Å²) in [5.74, 6) is -0.833. The second-order valence-electron chi connectivity index (χ2n) is 4.85. The zero-order chi connectivity index (χ0) is 15.2. The van der Waals surface area contributed by atoms with Gasteiger partial charge in [-0.25, -0.2) is 0 Å². The van der Waals surface area contributed by atoms with Crippen LogP contribution in [0.1, 0.15) is 36.7 Å². The third-order valence-corrected chi connectivity index (χ3v) is 3.71. The number of hydrogen-bond acceptors (Lipinski definition) is 3. The van der Waals surface area contributed by atoms with Gasteiger partial charge in [-0.1, -0.05) is 34.1 Å². The topological polar surface area (TPSA) is 62.2 Å². The van der Waals surface area contributed by atoms with Crippen molar-refractivity contribution in [1.82, 2.24) is 10.3 Å².